The molecule has 2 aromatic rings. The van der Waals surface area contributed by atoms with Gasteiger partial charge in [-0.3, -0.25) is 14.2 Å². The lowest BCUT2D eigenvalue weighted by Gasteiger charge is -2.17. The van der Waals surface area contributed by atoms with Crippen LogP contribution in [0.2, 0.25) is 0 Å². The van der Waals surface area contributed by atoms with Crippen LogP contribution in [0.1, 0.15) is 28.3 Å². The summed E-state index contributed by atoms with van der Waals surface area (Å²) in [6, 6.07) is 1.13. The van der Waals surface area contributed by atoms with E-state index in [1.54, 1.807) is 35.8 Å². The molecule has 0 spiro atoms. The van der Waals surface area contributed by atoms with Crippen molar-refractivity contribution >= 4 is 5.91 Å². The van der Waals surface area contributed by atoms with Gasteiger partial charge in [-0.2, -0.15) is 5.10 Å². The molecule has 0 saturated heterocycles. The summed E-state index contributed by atoms with van der Waals surface area (Å²) in [5.74, 6) is -0.619. The summed E-state index contributed by atoms with van der Waals surface area (Å²) in [5, 5.41) is 35.5. The van der Waals surface area contributed by atoms with Crippen molar-refractivity contribution in [1.29, 1.82) is 0 Å². The number of hydrogen-bond donors (Lipinski definition) is 3. The Hall–Kier alpha value is -2.30. The highest BCUT2D eigenvalue weighted by atomic mass is 16.5. The van der Waals surface area contributed by atoms with Gasteiger partial charge in [0.2, 0.25) is 0 Å². The Bertz CT molecular complexity index is 753. The van der Waals surface area contributed by atoms with Gasteiger partial charge in [0.05, 0.1) is 24.9 Å². The van der Waals surface area contributed by atoms with Gasteiger partial charge in [-0.05, 0) is 19.4 Å². The Kier molecular flexibility index (Phi) is 5.35. The summed E-state index contributed by atoms with van der Waals surface area (Å²) in [4.78, 5) is 12.3. The van der Waals surface area contributed by atoms with Crippen LogP contribution in [-0.4, -0.2) is 66.3 Å². The molecule has 0 bridgehead atoms. The van der Waals surface area contributed by atoms with Crippen LogP contribution in [0.3, 0.4) is 0 Å². The van der Waals surface area contributed by atoms with Gasteiger partial charge in [-0.1, -0.05) is 5.21 Å². The van der Waals surface area contributed by atoms with Crippen molar-refractivity contribution < 1.29 is 19.7 Å². The first-order valence-corrected chi connectivity index (χ1v) is 8.44. The molecule has 0 radical (unpaired) electrons. The van der Waals surface area contributed by atoms with Crippen LogP contribution in [0.15, 0.2) is 12.3 Å². The van der Waals surface area contributed by atoms with Gasteiger partial charge in [-0.15, -0.1) is 5.10 Å². The number of hydrogen-bond acceptors (Lipinski definition) is 7. The van der Waals surface area contributed by atoms with Crippen LogP contribution in [0.5, 0.6) is 0 Å². The molecular weight excluding hydrogens is 340 g/mol. The number of aliphatic hydroxyl groups is 2. The number of nitrogens with zero attached hydrogens (tertiary/aromatic N) is 5. The minimum Gasteiger partial charge on any atom is -0.390 e. The Morgan fingerprint density at radius 3 is 2.85 bits per heavy atom. The lowest BCUT2D eigenvalue weighted by Crippen LogP contribution is -2.43. The van der Waals surface area contributed by atoms with Crippen LogP contribution < -0.4 is 5.32 Å². The number of rotatable bonds is 6. The first kappa shape index (κ1) is 18.5. The minimum absolute atomic E-state index is 0.252. The van der Waals surface area contributed by atoms with E-state index in [2.05, 4.69) is 20.7 Å². The molecule has 2 aromatic heterocycles. The number of amides is 1. The lowest BCUT2D eigenvalue weighted by atomic mass is 10.1. The second-order valence-electron chi connectivity index (χ2n) is 6.72. The predicted molar refractivity (Wildman–Crippen MR) is 90.1 cm³/mol. The average Bonchev–Trinajstić information content (AvgIpc) is 3.25. The number of aryl methyl sites for hydroxylation is 2. The standard InChI is InChI=1S/C16H24N6O4/c1-9-4-13(19-21(9)2)16(25)17-12-5-10(14(23)15(12)24)6-22-7-11(8-26-3)18-20-22/h4,7,10,12,14-15,23-24H,5-6,8H2,1-3H3,(H,17,25)/t10-,12-,14-,15+/m1/s1. The number of ether oxygens (including phenoxy) is 1. The maximum Gasteiger partial charge on any atom is 0.272 e. The van der Waals surface area contributed by atoms with Crippen LogP contribution >= 0.6 is 0 Å². The molecule has 1 fully saturated rings. The van der Waals surface area contributed by atoms with Gasteiger partial charge in [-0.25, -0.2) is 0 Å². The molecule has 2 heterocycles. The molecule has 26 heavy (non-hydrogen) atoms. The zero-order chi connectivity index (χ0) is 18.8. The maximum atomic E-state index is 12.3. The molecule has 142 valence electrons. The highest BCUT2D eigenvalue weighted by Gasteiger charge is 2.42. The van der Waals surface area contributed by atoms with E-state index in [1.807, 2.05) is 6.92 Å². The molecular formula is C16H24N6O4. The van der Waals surface area contributed by atoms with Crippen molar-refractivity contribution in [1.82, 2.24) is 30.1 Å². The first-order chi connectivity index (χ1) is 12.4. The number of carbonyl (C=O) groups is 1. The molecule has 10 nitrogen and oxygen atoms in total. The summed E-state index contributed by atoms with van der Waals surface area (Å²) in [6.45, 7) is 2.60. The third-order valence-corrected chi connectivity index (χ3v) is 4.76. The number of aliphatic hydroxyl groups excluding tert-OH is 2. The monoisotopic (exact) mass is 364 g/mol. The third-order valence-electron chi connectivity index (χ3n) is 4.76. The van der Waals surface area contributed by atoms with Crippen molar-refractivity contribution in [3.05, 3.63) is 29.3 Å². The molecule has 1 aliphatic rings. The van der Waals surface area contributed by atoms with E-state index < -0.39 is 18.2 Å². The molecule has 1 saturated carbocycles. The summed E-state index contributed by atoms with van der Waals surface area (Å²) >= 11 is 0. The lowest BCUT2D eigenvalue weighted by molar-refractivity contribution is 0.00759. The Balaban J connectivity index is 1.62. The highest BCUT2D eigenvalue weighted by molar-refractivity contribution is 5.92. The zero-order valence-corrected chi connectivity index (χ0v) is 15.0. The van der Waals surface area contributed by atoms with Gasteiger partial charge >= 0.3 is 0 Å². The Morgan fingerprint density at radius 2 is 2.19 bits per heavy atom. The van der Waals surface area contributed by atoms with Crippen molar-refractivity contribution in [2.75, 3.05) is 7.11 Å². The minimum atomic E-state index is -1.05. The van der Waals surface area contributed by atoms with Crippen LogP contribution in [0, 0.1) is 12.8 Å². The van der Waals surface area contributed by atoms with Gasteiger partial charge in [0, 0.05) is 32.3 Å². The van der Waals surface area contributed by atoms with Crippen molar-refractivity contribution in [2.45, 2.75) is 44.7 Å². The van der Waals surface area contributed by atoms with E-state index in [0.29, 0.717) is 25.3 Å². The van der Waals surface area contributed by atoms with Crippen LogP contribution in [0.25, 0.3) is 0 Å². The number of aromatic nitrogens is 5. The van der Waals surface area contributed by atoms with Crippen LogP contribution in [0.4, 0.5) is 0 Å². The largest absolute Gasteiger partial charge is 0.390 e. The quantitative estimate of drug-likeness (QED) is 0.600. The topological polar surface area (TPSA) is 127 Å². The van der Waals surface area contributed by atoms with E-state index in [1.165, 1.54) is 0 Å². The van der Waals surface area contributed by atoms with E-state index >= 15 is 0 Å². The molecule has 0 aliphatic heterocycles. The highest BCUT2D eigenvalue weighted by Crippen LogP contribution is 2.28. The first-order valence-electron chi connectivity index (χ1n) is 8.44. The molecule has 4 atom stereocenters. The van der Waals surface area contributed by atoms with Crippen molar-refractivity contribution in [2.24, 2.45) is 13.0 Å². The fraction of sp³-hybridized carbons (Fsp3) is 0.625. The van der Waals surface area contributed by atoms with Crippen molar-refractivity contribution in [3.63, 3.8) is 0 Å². The Labute approximate surface area is 150 Å². The predicted octanol–water partition coefficient (Wildman–Crippen LogP) is -0.993. The number of carbonyl (C=O) groups excluding carboxylic acids is 1. The average molecular weight is 364 g/mol. The summed E-state index contributed by atoms with van der Waals surface area (Å²) in [6.07, 6.45) is 0.168. The molecule has 3 rings (SSSR count). The van der Waals surface area contributed by atoms with Crippen LogP contribution in [-0.2, 0) is 24.9 Å². The molecule has 0 aromatic carbocycles. The number of methoxy groups -OCH3 is 1. The fourth-order valence-corrected chi connectivity index (χ4v) is 3.24. The summed E-state index contributed by atoms with van der Waals surface area (Å²) < 4.78 is 8.23. The fourth-order valence-electron chi connectivity index (χ4n) is 3.24. The smallest absolute Gasteiger partial charge is 0.272 e. The molecule has 1 amide bonds. The number of nitrogens with one attached hydrogen (secondary N) is 1. The Morgan fingerprint density at radius 1 is 1.42 bits per heavy atom. The van der Waals surface area contributed by atoms with Crippen molar-refractivity contribution in [3.8, 4) is 0 Å². The normalized spacial score (nSPS) is 25.6. The molecule has 0 unspecified atom stereocenters. The SMILES string of the molecule is COCc1cn(C[C@H]2C[C@@H](NC(=O)c3cc(C)n(C)n3)[C@H](O)[C@@H]2O)nn1. The second-order valence-corrected chi connectivity index (χ2v) is 6.72. The van der Waals surface area contributed by atoms with Gasteiger partial charge in [0.15, 0.2) is 0 Å². The van der Waals surface area contributed by atoms with E-state index in [4.69, 9.17) is 4.74 Å². The van der Waals surface area contributed by atoms with E-state index in [0.717, 1.165) is 5.69 Å². The molecule has 1 aliphatic carbocycles. The van der Waals surface area contributed by atoms with Gasteiger partial charge in [0.25, 0.3) is 5.91 Å². The summed E-state index contributed by atoms with van der Waals surface area (Å²) in [7, 11) is 3.33. The van der Waals surface area contributed by atoms with Gasteiger partial charge in [0.1, 0.15) is 17.5 Å². The van der Waals surface area contributed by atoms with E-state index in [9.17, 15) is 15.0 Å². The van der Waals surface area contributed by atoms with Gasteiger partial charge < -0.3 is 20.3 Å². The molecule has 3 N–H and O–H groups in total. The molecule has 10 heteroatoms. The summed E-state index contributed by atoms with van der Waals surface area (Å²) in [5.41, 5.74) is 1.84. The maximum absolute atomic E-state index is 12.3. The second kappa shape index (κ2) is 7.52. The zero-order valence-electron chi connectivity index (χ0n) is 15.0. The van der Waals surface area contributed by atoms with E-state index in [-0.39, 0.29) is 17.5 Å². The third kappa shape index (κ3) is 3.76.